The van der Waals surface area contributed by atoms with Gasteiger partial charge in [0.25, 0.3) is 0 Å². The van der Waals surface area contributed by atoms with E-state index in [9.17, 15) is 35.2 Å². The largest absolute Gasteiger partial charge is 0.598 e. The molecule has 0 aromatic carbocycles. The third-order valence-electron chi connectivity index (χ3n) is 12.9. The summed E-state index contributed by atoms with van der Waals surface area (Å²) in [4.78, 5) is 2.83. The quantitative estimate of drug-likeness (QED) is 0.0273. The Hall–Kier alpha value is -0.0900. The number of nitrogens with zero attached hydrogens (tertiary/aromatic N) is 1. The Morgan fingerprint density at radius 1 is 0.696 bits per heavy atom. The zero-order valence-corrected chi connectivity index (χ0v) is 36.4. The van der Waals surface area contributed by atoms with Gasteiger partial charge in [-0.1, -0.05) is 136 Å². The van der Waals surface area contributed by atoms with Crippen LogP contribution in [0.2, 0.25) is 0 Å². The number of aliphatic hydroxyl groups excluding tert-OH is 6. The summed E-state index contributed by atoms with van der Waals surface area (Å²) in [7, 11) is 0. The molecule has 0 radical (unpaired) electrons. The predicted octanol–water partition coefficient (Wildman–Crippen LogP) is 6.40. The number of rotatable bonds is 37. The van der Waals surface area contributed by atoms with E-state index in [1.165, 1.54) is 142 Å². The molecule has 3 saturated carbocycles. The second-order valence-corrected chi connectivity index (χ2v) is 19.1. The first-order valence-corrected chi connectivity index (χ1v) is 24.7. The lowest BCUT2D eigenvalue weighted by Crippen LogP contribution is -2.68. The van der Waals surface area contributed by atoms with Gasteiger partial charge < -0.3 is 44.7 Å². The van der Waals surface area contributed by atoms with E-state index in [1.807, 2.05) is 0 Å². The van der Waals surface area contributed by atoms with E-state index in [4.69, 9.17) is 9.47 Å². The van der Waals surface area contributed by atoms with Gasteiger partial charge in [0, 0.05) is 16.9 Å². The Kier molecular flexibility index (Phi) is 26.2. The van der Waals surface area contributed by atoms with Crippen molar-refractivity contribution in [1.29, 1.82) is 0 Å². The fraction of sp³-hybridized carbons (Fsp3) is 1.00. The van der Waals surface area contributed by atoms with Crippen molar-refractivity contribution < 1.29 is 44.7 Å². The number of unbranched alkanes of at least 4 members (excludes halogenated alkanes) is 20. The van der Waals surface area contributed by atoms with Gasteiger partial charge >= 0.3 is 0 Å². The number of hydrogen-bond donors (Lipinski definition) is 7. The van der Waals surface area contributed by atoms with Crippen LogP contribution in [-0.2, 0) is 20.8 Å². The summed E-state index contributed by atoms with van der Waals surface area (Å²) in [6, 6.07) is -0.939. The molecule has 0 aromatic heterocycles. The molecule has 11 nitrogen and oxygen atoms in total. The summed E-state index contributed by atoms with van der Waals surface area (Å²) >= 11 is -1.50. The van der Waals surface area contributed by atoms with E-state index in [0.717, 1.165) is 44.4 Å². The van der Waals surface area contributed by atoms with E-state index in [-0.39, 0.29) is 6.61 Å². The average Bonchev–Trinajstić information content (AvgIpc) is 3.15. The molecule has 12 heteroatoms. The van der Waals surface area contributed by atoms with Crippen LogP contribution in [0, 0.1) is 5.92 Å². The molecule has 4 rings (SSSR count). The van der Waals surface area contributed by atoms with Crippen molar-refractivity contribution in [3.63, 3.8) is 0 Å². The van der Waals surface area contributed by atoms with Crippen molar-refractivity contribution in [2.75, 3.05) is 32.1 Å². The number of aliphatic hydroxyl groups is 6. The molecule has 9 atom stereocenters. The molecule has 7 N–H and O–H groups in total. The van der Waals surface area contributed by atoms with Crippen LogP contribution in [0.5, 0.6) is 0 Å². The van der Waals surface area contributed by atoms with Crippen molar-refractivity contribution >= 4 is 11.4 Å². The first kappa shape index (κ1) is 50.3. The van der Waals surface area contributed by atoms with Gasteiger partial charge in [0.05, 0.1) is 19.3 Å². The number of hydrogen-bond acceptors (Lipinski definition) is 11. The highest BCUT2D eigenvalue weighted by Gasteiger charge is 2.59. The molecule has 3 aliphatic carbocycles. The highest BCUT2D eigenvalue weighted by Crippen LogP contribution is 2.60. The lowest BCUT2D eigenvalue weighted by molar-refractivity contribution is -0.303. The standard InChI is InChI=1S/C44H86N2O9S/c1-3-5-7-9-10-11-12-13-14-15-18-22-26-37(48)39(49)36(34-54-43-42(52)41(51)40(50)38(33-47)55-43)45-56(53)29-25-21-17-16-20-24-28-46(27-23-19-8-6-4-2)44-30-35(31-44)32-44/h35-43,45,47-52H,3-34H2,1-2H3/t35?,36-,37+,38?,39-,40?,41?,42?,43?,44?,56?/m0/s1. The van der Waals surface area contributed by atoms with Crippen LogP contribution in [0.25, 0.3) is 0 Å². The van der Waals surface area contributed by atoms with E-state index >= 15 is 0 Å². The third kappa shape index (κ3) is 17.9. The topological polar surface area (TPSA) is 178 Å². The molecular weight excluding hydrogens is 733 g/mol. The van der Waals surface area contributed by atoms with Crippen molar-refractivity contribution in [3.05, 3.63) is 0 Å². The van der Waals surface area contributed by atoms with Gasteiger partial charge in [0.1, 0.15) is 42.3 Å². The molecule has 6 unspecified atom stereocenters. The van der Waals surface area contributed by atoms with Crippen LogP contribution >= 0.6 is 0 Å². The highest BCUT2D eigenvalue weighted by atomic mass is 32.2. The molecule has 4 aliphatic rings. The monoisotopic (exact) mass is 819 g/mol. The fourth-order valence-corrected chi connectivity index (χ4v) is 10.2. The average molecular weight is 819 g/mol. The van der Waals surface area contributed by atoms with Crippen molar-refractivity contribution in [3.8, 4) is 0 Å². The summed E-state index contributed by atoms with van der Waals surface area (Å²) in [6.07, 6.45) is 22.6. The maximum absolute atomic E-state index is 13.2. The second-order valence-electron chi connectivity index (χ2n) is 17.8. The van der Waals surface area contributed by atoms with E-state index < -0.39 is 66.9 Å². The number of nitrogens with one attached hydrogen (secondary N) is 1. The fourth-order valence-electron chi connectivity index (χ4n) is 9.02. The first-order chi connectivity index (χ1) is 27.2. The Morgan fingerprint density at radius 2 is 1.18 bits per heavy atom. The molecule has 1 saturated heterocycles. The Bertz CT molecular complexity index is 952. The summed E-state index contributed by atoms with van der Waals surface area (Å²) in [5.74, 6) is 1.40. The summed E-state index contributed by atoms with van der Waals surface area (Å²) in [5.41, 5.74) is 0.542. The van der Waals surface area contributed by atoms with Gasteiger partial charge in [-0.25, -0.2) is 0 Å². The Balaban J connectivity index is 1.35. The van der Waals surface area contributed by atoms with Crippen molar-refractivity contribution in [1.82, 2.24) is 9.62 Å². The van der Waals surface area contributed by atoms with Crippen LogP contribution in [0.3, 0.4) is 0 Å². The SMILES string of the molecule is CCCCCCCCCCCCCC[C@@H](O)[C@@H](O)[C@H](COC1OC(CO)C(O)C(O)C1O)N[S+]([O-])CCCCCCCCN(CCCCCCC)C12CC(C1)C2. The summed E-state index contributed by atoms with van der Waals surface area (Å²) in [5, 5.41) is 62.6. The lowest BCUT2D eigenvalue weighted by atomic mass is 9.49. The maximum atomic E-state index is 13.2. The molecular formula is C44H86N2O9S. The highest BCUT2D eigenvalue weighted by molar-refractivity contribution is 7.89. The lowest BCUT2D eigenvalue weighted by Gasteiger charge is -2.67. The molecule has 0 amide bonds. The van der Waals surface area contributed by atoms with Crippen molar-refractivity contribution in [2.24, 2.45) is 5.92 Å². The molecule has 0 aromatic rings. The molecule has 332 valence electrons. The first-order valence-electron chi connectivity index (χ1n) is 23.3. The van der Waals surface area contributed by atoms with E-state index in [0.29, 0.717) is 17.7 Å². The minimum atomic E-state index is -1.60. The molecule has 56 heavy (non-hydrogen) atoms. The normalized spacial score (nSPS) is 28.2. The zero-order chi connectivity index (χ0) is 40.6. The predicted molar refractivity (Wildman–Crippen MR) is 225 cm³/mol. The molecule has 2 bridgehead atoms. The maximum Gasteiger partial charge on any atom is 0.186 e. The van der Waals surface area contributed by atoms with Gasteiger partial charge in [0.2, 0.25) is 0 Å². The Labute approximate surface area is 344 Å². The van der Waals surface area contributed by atoms with Crippen molar-refractivity contribution in [2.45, 2.75) is 242 Å². The smallest absolute Gasteiger partial charge is 0.186 e. The minimum absolute atomic E-state index is 0.275. The minimum Gasteiger partial charge on any atom is -0.598 e. The second kappa shape index (κ2) is 29.2. The van der Waals surface area contributed by atoms with Gasteiger partial charge in [-0.15, -0.1) is 4.72 Å². The van der Waals surface area contributed by atoms with Crippen LogP contribution in [0.1, 0.15) is 187 Å². The van der Waals surface area contributed by atoms with Gasteiger partial charge in [-0.3, -0.25) is 4.90 Å². The molecule has 0 spiro atoms. The summed E-state index contributed by atoms with van der Waals surface area (Å²) < 4.78 is 27.4. The van der Waals surface area contributed by atoms with Gasteiger partial charge in [-0.05, 0) is 70.4 Å². The molecule has 1 heterocycles. The molecule has 1 aliphatic heterocycles. The van der Waals surface area contributed by atoms with Gasteiger partial charge in [-0.2, -0.15) is 0 Å². The van der Waals surface area contributed by atoms with Crippen LogP contribution in [-0.4, -0.2) is 127 Å². The molecule has 4 fully saturated rings. The Morgan fingerprint density at radius 3 is 1.66 bits per heavy atom. The van der Waals surface area contributed by atoms with Crippen LogP contribution in [0.4, 0.5) is 0 Å². The van der Waals surface area contributed by atoms with E-state index in [1.54, 1.807) is 0 Å². The summed E-state index contributed by atoms with van der Waals surface area (Å²) in [6.45, 7) is 6.13. The van der Waals surface area contributed by atoms with E-state index in [2.05, 4.69) is 23.5 Å². The van der Waals surface area contributed by atoms with Crippen LogP contribution in [0.15, 0.2) is 0 Å². The number of ether oxygens (including phenoxy) is 2. The third-order valence-corrected chi connectivity index (χ3v) is 14.2. The van der Waals surface area contributed by atoms with Gasteiger partial charge in [0.15, 0.2) is 6.29 Å². The zero-order valence-electron chi connectivity index (χ0n) is 35.6. The van der Waals surface area contributed by atoms with Crippen LogP contribution < -0.4 is 4.72 Å².